The zero-order valence-corrected chi connectivity index (χ0v) is 29.5. The van der Waals surface area contributed by atoms with Gasteiger partial charge in [0.25, 0.3) is 0 Å². The van der Waals surface area contributed by atoms with Gasteiger partial charge >= 0.3 is 6.09 Å². The first-order chi connectivity index (χ1) is 23.0. The minimum absolute atomic E-state index is 0.00222. The number of nitrogens with zero attached hydrogens (tertiary/aromatic N) is 7. The quantitative estimate of drug-likeness (QED) is 0.241. The predicted octanol–water partition coefficient (Wildman–Crippen LogP) is 6.52. The van der Waals surface area contributed by atoms with E-state index in [0.717, 1.165) is 0 Å². The number of carbonyl (C=O) groups is 1. The zero-order valence-electron chi connectivity index (χ0n) is 28.7. The van der Waals surface area contributed by atoms with Crippen LogP contribution in [0.2, 0.25) is 5.02 Å². The molecule has 49 heavy (non-hydrogen) atoms. The maximum atomic E-state index is 14.9. The van der Waals surface area contributed by atoms with E-state index in [9.17, 15) is 18.8 Å². The van der Waals surface area contributed by atoms with Crippen LogP contribution in [-0.2, 0) is 10.2 Å². The Balaban J connectivity index is 1.43. The van der Waals surface area contributed by atoms with Gasteiger partial charge in [-0.3, -0.25) is 4.90 Å². The molecule has 4 heterocycles. The maximum Gasteiger partial charge on any atom is 0.410 e. The van der Waals surface area contributed by atoms with Crippen molar-refractivity contribution in [3.63, 3.8) is 0 Å². The molecule has 3 aromatic rings. The van der Waals surface area contributed by atoms with Crippen molar-refractivity contribution in [2.75, 3.05) is 20.1 Å². The van der Waals surface area contributed by atoms with Crippen molar-refractivity contribution >= 4 is 17.7 Å². The molecule has 0 unspecified atom stereocenters. The molecule has 0 aliphatic carbocycles. The number of likely N-dealkylation sites (tertiary alicyclic amines) is 2. The third-order valence-electron chi connectivity index (χ3n) is 8.74. The standard InChI is InChI=1S/C34H42ClF2N7O5/c1-19(25-15-20(36)18-43(25)7)46-26-17-27(47-22-12-14-44(21(16-22)11-13-38)32(45)48-33(2,3)4)40-29(39-26)30-41-31(49-42-30)34(5,6)28-23(35)9-8-10-24(28)37/h8-10,17,19-22,25H,11-12,14-16,18H2,1-7H3/t19-,20+,21+,22-,25-/m0/s1. The van der Waals surface area contributed by atoms with Crippen LogP contribution in [0.5, 0.6) is 11.8 Å². The average Bonchev–Trinajstić information content (AvgIpc) is 3.63. The summed E-state index contributed by atoms with van der Waals surface area (Å²) in [6.07, 6.45) is -1.09. The third-order valence-corrected chi connectivity index (χ3v) is 9.05. The van der Waals surface area contributed by atoms with Crippen LogP contribution in [0.3, 0.4) is 0 Å². The topological polar surface area (TPSA) is 140 Å². The Bertz CT molecular complexity index is 1670. The summed E-state index contributed by atoms with van der Waals surface area (Å²) in [6.45, 7) is 11.2. The second kappa shape index (κ2) is 14.4. The van der Waals surface area contributed by atoms with Crippen LogP contribution in [0, 0.1) is 17.1 Å². The molecule has 15 heteroatoms. The summed E-state index contributed by atoms with van der Waals surface area (Å²) in [5.41, 5.74) is -1.60. The van der Waals surface area contributed by atoms with Crippen LogP contribution >= 0.6 is 11.6 Å². The fourth-order valence-electron chi connectivity index (χ4n) is 6.33. The molecule has 2 fully saturated rings. The normalized spacial score (nSPS) is 22.4. The van der Waals surface area contributed by atoms with Crippen molar-refractivity contribution in [3.05, 3.63) is 46.6 Å². The Hall–Kier alpha value is -4.09. The second-order valence-corrected chi connectivity index (χ2v) is 14.5. The lowest BCUT2D eigenvalue weighted by molar-refractivity contribution is -0.00382. The maximum absolute atomic E-state index is 14.9. The first-order valence-electron chi connectivity index (χ1n) is 16.3. The van der Waals surface area contributed by atoms with Crippen LogP contribution in [0.4, 0.5) is 13.6 Å². The monoisotopic (exact) mass is 701 g/mol. The number of piperidine rings is 1. The van der Waals surface area contributed by atoms with Gasteiger partial charge < -0.3 is 23.6 Å². The fraction of sp³-hybridized carbons (Fsp3) is 0.588. The number of benzene rings is 1. The molecule has 12 nitrogen and oxygen atoms in total. The Morgan fingerprint density at radius 1 is 1.16 bits per heavy atom. The first-order valence-corrected chi connectivity index (χ1v) is 16.7. The number of hydrogen-bond donors (Lipinski definition) is 0. The van der Waals surface area contributed by atoms with E-state index in [-0.39, 0.29) is 52.3 Å². The average molecular weight is 702 g/mol. The van der Waals surface area contributed by atoms with E-state index in [2.05, 4.69) is 26.2 Å². The van der Waals surface area contributed by atoms with Gasteiger partial charge in [0.2, 0.25) is 29.3 Å². The molecular weight excluding hydrogens is 660 g/mol. The number of likely N-dealkylation sites (N-methyl/N-ethyl adjacent to an activating group) is 1. The van der Waals surface area contributed by atoms with E-state index in [1.54, 1.807) is 45.6 Å². The van der Waals surface area contributed by atoms with Crippen molar-refractivity contribution in [3.8, 4) is 29.5 Å². The fourth-order valence-corrected chi connectivity index (χ4v) is 6.73. The van der Waals surface area contributed by atoms with Gasteiger partial charge in [0.05, 0.1) is 30.0 Å². The minimum Gasteiger partial charge on any atom is -0.474 e. The summed E-state index contributed by atoms with van der Waals surface area (Å²) in [5, 5.41) is 13.8. The highest BCUT2D eigenvalue weighted by atomic mass is 35.5. The number of carbonyl (C=O) groups excluding carboxylic acids is 1. The van der Waals surface area contributed by atoms with Crippen LogP contribution in [0.1, 0.15) is 78.7 Å². The molecule has 264 valence electrons. The lowest BCUT2D eigenvalue weighted by Crippen LogP contribution is -2.50. The van der Waals surface area contributed by atoms with Crippen molar-refractivity contribution < 1.29 is 32.3 Å². The summed E-state index contributed by atoms with van der Waals surface area (Å²) in [5.74, 6) is -0.130. The van der Waals surface area contributed by atoms with Crippen molar-refractivity contribution in [2.24, 2.45) is 0 Å². The van der Waals surface area contributed by atoms with Crippen LogP contribution in [0.25, 0.3) is 11.6 Å². The third kappa shape index (κ3) is 8.38. The molecule has 2 aliphatic heterocycles. The van der Waals surface area contributed by atoms with Crippen molar-refractivity contribution in [2.45, 2.75) is 109 Å². The number of hydrogen-bond acceptors (Lipinski definition) is 11. The SMILES string of the molecule is C[C@H](Oc1cc(O[C@H]2CCN(C(=O)OC(C)(C)C)[C@H](CC#N)C2)nc(-c2noc(C(C)(C)c3c(F)cccc3Cl)n2)n1)[C@@H]1C[C@@H](F)CN1C. The summed E-state index contributed by atoms with van der Waals surface area (Å²) in [6, 6.07) is 7.47. The van der Waals surface area contributed by atoms with Crippen LogP contribution < -0.4 is 9.47 Å². The Morgan fingerprint density at radius 3 is 2.55 bits per heavy atom. The molecule has 0 saturated carbocycles. The van der Waals surface area contributed by atoms with Crippen molar-refractivity contribution in [1.29, 1.82) is 5.26 Å². The summed E-state index contributed by atoms with van der Waals surface area (Å²) in [7, 11) is 1.84. The number of aromatic nitrogens is 4. The highest BCUT2D eigenvalue weighted by Crippen LogP contribution is 2.38. The Labute approximate surface area is 289 Å². The molecule has 2 aromatic heterocycles. The summed E-state index contributed by atoms with van der Waals surface area (Å²) >= 11 is 6.37. The Morgan fingerprint density at radius 2 is 1.90 bits per heavy atom. The first kappa shape index (κ1) is 36.2. The molecular formula is C34H42ClF2N7O5. The van der Waals surface area contributed by atoms with Gasteiger partial charge in [-0.2, -0.15) is 20.2 Å². The molecule has 0 spiro atoms. The van der Waals surface area contributed by atoms with Crippen molar-refractivity contribution in [1.82, 2.24) is 29.9 Å². The van der Waals surface area contributed by atoms with Gasteiger partial charge in [0.15, 0.2) is 0 Å². The minimum atomic E-state index is -1.11. The molecule has 0 bridgehead atoms. The van der Waals surface area contributed by atoms with Gasteiger partial charge in [-0.15, -0.1) is 0 Å². The molecule has 0 radical (unpaired) electrons. The summed E-state index contributed by atoms with van der Waals surface area (Å²) < 4.78 is 52.8. The molecule has 2 aliphatic rings. The lowest BCUT2D eigenvalue weighted by Gasteiger charge is -2.38. The smallest absolute Gasteiger partial charge is 0.410 e. The molecule has 2 saturated heterocycles. The number of rotatable bonds is 9. The number of nitriles is 1. The van der Waals surface area contributed by atoms with Gasteiger partial charge in [-0.1, -0.05) is 22.8 Å². The van der Waals surface area contributed by atoms with Crippen LogP contribution in [-0.4, -0.2) is 92.2 Å². The van der Waals surface area contributed by atoms with Gasteiger partial charge in [-0.25, -0.2) is 13.6 Å². The zero-order chi connectivity index (χ0) is 35.7. The van der Waals surface area contributed by atoms with E-state index in [4.69, 9.17) is 30.3 Å². The molecule has 0 N–H and O–H groups in total. The van der Waals surface area contributed by atoms with Crippen LogP contribution in [0.15, 0.2) is 28.8 Å². The largest absolute Gasteiger partial charge is 0.474 e. The van der Waals surface area contributed by atoms with Gasteiger partial charge in [0, 0.05) is 42.6 Å². The number of ether oxygens (including phenoxy) is 3. The predicted molar refractivity (Wildman–Crippen MR) is 175 cm³/mol. The highest BCUT2D eigenvalue weighted by Gasteiger charge is 2.38. The molecule has 1 amide bonds. The molecule has 5 rings (SSSR count). The number of amides is 1. The van der Waals surface area contributed by atoms with E-state index < -0.39 is 47.3 Å². The number of alkyl halides is 1. The van der Waals surface area contributed by atoms with E-state index in [1.807, 2.05) is 18.9 Å². The summed E-state index contributed by atoms with van der Waals surface area (Å²) in [4.78, 5) is 30.0. The van der Waals surface area contributed by atoms with E-state index in [1.165, 1.54) is 18.2 Å². The lowest BCUT2D eigenvalue weighted by atomic mass is 9.84. The molecule has 1 aromatic carbocycles. The number of halogens is 3. The Kier molecular flexibility index (Phi) is 10.6. The molecule has 5 atom stereocenters. The highest BCUT2D eigenvalue weighted by molar-refractivity contribution is 6.31. The second-order valence-electron chi connectivity index (χ2n) is 14.1. The van der Waals surface area contributed by atoms with Gasteiger partial charge in [-0.05, 0) is 67.1 Å². The van der Waals surface area contributed by atoms with Gasteiger partial charge in [0.1, 0.15) is 29.8 Å². The van der Waals surface area contributed by atoms with E-state index in [0.29, 0.717) is 32.4 Å². The van der Waals surface area contributed by atoms with E-state index >= 15 is 0 Å².